The number of fused-ring (bicyclic) bond motifs is 1. The molecule has 6 nitrogen and oxygen atoms in total. The van der Waals surface area contributed by atoms with Crippen LogP contribution >= 0.6 is 0 Å². The molecule has 1 fully saturated rings. The van der Waals surface area contributed by atoms with Crippen LogP contribution < -0.4 is 10.1 Å². The summed E-state index contributed by atoms with van der Waals surface area (Å²) in [7, 11) is 1.69. The number of likely N-dealkylation sites (tertiary alicyclic amines) is 1. The summed E-state index contributed by atoms with van der Waals surface area (Å²) >= 11 is 0. The fourth-order valence-electron chi connectivity index (χ4n) is 4.29. The average Bonchev–Trinajstić information content (AvgIpc) is 2.80. The zero-order valence-electron chi connectivity index (χ0n) is 17.6. The van der Waals surface area contributed by atoms with Crippen LogP contribution in [0.3, 0.4) is 0 Å². The monoisotopic (exact) mass is 403 g/mol. The molecule has 30 heavy (non-hydrogen) atoms. The summed E-state index contributed by atoms with van der Waals surface area (Å²) in [5.74, 6) is 1.62. The zero-order valence-corrected chi connectivity index (χ0v) is 17.6. The van der Waals surface area contributed by atoms with Gasteiger partial charge in [-0.05, 0) is 48.1 Å². The van der Waals surface area contributed by atoms with Crippen molar-refractivity contribution < 1.29 is 4.74 Å². The van der Waals surface area contributed by atoms with Gasteiger partial charge in [0.1, 0.15) is 5.75 Å². The first-order valence-electron chi connectivity index (χ1n) is 10.6. The first kappa shape index (κ1) is 20.2. The average molecular weight is 404 g/mol. The highest BCUT2D eigenvalue weighted by Crippen LogP contribution is 2.21. The second kappa shape index (κ2) is 9.64. The minimum Gasteiger partial charge on any atom is -0.497 e. The lowest BCUT2D eigenvalue weighted by atomic mass is 10.0. The molecule has 0 saturated carbocycles. The van der Waals surface area contributed by atoms with Gasteiger partial charge in [0.25, 0.3) is 0 Å². The minimum atomic E-state index is 0.255. The van der Waals surface area contributed by atoms with Gasteiger partial charge in [-0.3, -0.25) is 10.2 Å². The molecule has 6 heteroatoms. The smallest absolute Gasteiger partial charge is 0.207 e. The Morgan fingerprint density at radius 2 is 1.83 bits per heavy atom. The van der Waals surface area contributed by atoms with Crippen LogP contribution in [-0.2, 0) is 19.5 Å². The molecule has 0 bridgehead atoms. The van der Waals surface area contributed by atoms with Gasteiger partial charge in [-0.1, -0.05) is 36.4 Å². The number of rotatable bonds is 4. The van der Waals surface area contributed by atoms with Crippen molar-refractivity contribution in [1.29, 1.82) is 5.26 Å². The third kappa shape index (κ3) is 4.92. The first-order chi connectivity index (χ1) is 14.7. The van der Waals surface area contributed by atoms with E-state index < -0.39 is 0 Å². The number of nitrogens with one attached hydrogen (secondary N) is 1. The Bertz CT molecular complexity index is 910. The number of nitriles is 1. The lowest BCUT2D eigenvalue weighted by Crippen LogP contribution is -2.44. The molecule has 0 atom stereocenters. The highest BCUT2D eigenvalue weighted by molar-refractivity contribution is 5.81. The first-order valence-corrected chi connectivity index (χ1v) is 10.6. The fourth-order valence-corrected chi connectivity index (χ4v) is 4.29. The maximum Gasteiger partial charge on any atom is 0.207 e. The number of benzene rings is 2. The molecule has 2 aliphatic rings. The van der Waals surface area contributed by atoms with Crippen molar-refractivity contribution in [2.24, 2.45) is 4.99 Å². The molecule has 2 heterocycles. The van der Waals surface area contributed by atoms with Crippen LogP contribution in [-0.4, -0.2) is 48.5 Å². The second-order valence-electron chi connectivity index (χ2n) is 7.99. The van der Waals surface area contributed by atoms with Crippen molar-refractivity contribution in [3.63, 3.8) is 0 Å². The Balaban J connectivity index is 1.35. The lowest BCUT2D eigenvalue weighted by molar-refractivity contribution is 0.205. The van der Waals surface area contributed by atoms with Gasteiger partial charge in [0.05, 0.1) is 13.2 Å². The molecule has 1 saturated heterocycles. The highest BCUT2D eigenvalue weighted by atomic mass is 16.5. The van der Waals surface area contributed by atoms with Crippen molar-refractivity contribution in [3.05, 3.63) is 65.2 Å². The van der Waals surface area contributed by atoms with Gasteiger partial charge in [0.15, 0.2) is 6.19 Å². The number of ether oxygens (including phenoxy) is 1. The SMILES string of the molecule is COc1ccc(CN2CCC(/N=C(\NC#N)N3CCc4ccccc4C3)CC2)cc1. The summed E-state index contributed by atoms with van der Waals surface area (Å²) in [4.78, 5) is 9.63. The van der Waals surface area contributed by atoms with E-state index in [1.807, 2.05) is 12.1 Å². The van der Waals surface area contributed by atoms with E-state index in [-0.39, 0.29) is 6.04 Å². The van der Waals surface area contributed by atoms with Gasteiger partial charge in [0.2, 0.25) is 5.96 Å². The molecular formula is C24H29N5O. The summed E-state index contributed by atoms with van der Waals surface area (Å²) in [6, 6.07) is 17.1. The molecule has 0 aromatic heterocycles. The van der Waals surface area contributed by atoms with Crippen LogP contribution in [0.15, 0.2) is 53.5 Å². The van der Waals surface area contributed by atoms with Crippen molar-refractivity contribution in [2.75, 3.05) is 26.7 Å². The standard InChI is InChI=1S/C24H29N5O/c1-30-23-8-6-19(7-9-23)16-28-13-11-22(12-14-28)27-24(26-18-25)29-15-10-20-4-2-3-5-21(20)17-29/h2-9,22H,10-17H2,1H3,(H,26,27). The summed E-state index contributed by atoms with van der Waals surface area (Å²) in [6.45, 7) is 4.68. The van der Waals surface area contributed by atoms with Gasteiger partial charge >= 0.3 is 0 Å². The van der Waals surface area contributed by atoms with Crippen molar-refractivity contribution >= 4 is 5.96 Å². The van der Waals surface area contributed by atoms with Gasteiger partial charge < -0.3 is 9.64 Å². The van der Waals surface area contributed by atoms with E-state index in [0.717, 1.165) is 63.7 Å². The van der Waals surface area contributed by atoms with Crippen LogP contribution in [0.4, 0.5) is 0 Å². The number of piperidine rings is 1. The summed E-state index contributed by atoms with van der Waals surface area (Å²) in [5, 5.41) is 12.1. The molecular weight excluding hydrogens is 374 g/mol. The summed E-state index contributed by atoms with van der Waals surface area (Å²) in [6.07, 6.45) is 5.10. The zero-order chi connectivity index (χ0) is 20.8. The quantitative estimate of drug-likeness (QED) is 0.368. The molecule has 2 aromatic rings. The maximum atomic E-state index is 9.25. The van der Waals surface area contributed by atoms with Crippen LogP contribution in [0, 0.1) is 11.5 Å². The largest absolute Gasteiger partial charge is 0.497 e. The van der Waals surface area contributed by atoms with Crippen LogP contribution in [0.2, 0.25) is 0 Å². The normalized spacial score (nSPS) is 17.9. The Kier molecular flexibility index (Phi) is 6.50. The topological polar surface area (TPSA) is 63.9 Å². The van der Waals surface area contributed by atoms with Crippen LogP contribution in [0.25, 0.3) is 0 Å². The van der Waals surface area contributed by atoms with E-state index in [2.05, 4.69) is 57.7 Å². The van der Waals surface area contributed by atoms with Crippen molar-refractivity contribution in [1.82, 2.24) is 15.1 Å². The fraction of sp³-hybridized carbons (Fsp3) is 0.417. The number of hydrogen-bond acceptors (Lipinski definition) is 4. The van der Waals surface area contributed by atoms with Gasteiger partial charge in [-0.25, -0.2) is 4.99 Å². The maximum absolute atomic E-state index is 9.25. The van der Waals surface area contributed by atoms with E-state index in [1.54, 1.807) is 7.11 Å². The molecule has 0 unspecified atom stereocenters. The second-order valence-corrected chi connectivity index (χ2v) is 7.99. The molecule has 0 amide bonds. The Morgan fingerprint density at radius 3 is 2.53 bits per heavy atom. The molecule has 156 valence electrons. The highest BCUT2D eigenvalue weighted by Gasteiger charge is 2.23. The predicted octanol–water partition coefficient (Wildman–Crippen LogP) is 3.14. The van der Waals surface area contributed by atoms with Crippen LogP contribution in [0.1, 0.15) is 29.5 Å². The summed E-state index contributed by atoms with van der Waals surface area (Å²) < 4.78 is 5.24. The van der Waals surface area contributed by atoms with E-state index >= 15 is 0 Å². The number of hydrogen-bond donors (Lipinski definition) is 1. The Morgan fingerprint density at radius 1 is 1.10 bits per heavy atom. The number of nitrogens with zero attached hydrogens (tertiary/aromatic N) is 4. The third-order valence-electron chi connectivity index (χ3n) is 6.03. The Labute approximate surface area is 178 Å². The molecule has 4 rings (SSSR count). The Hall–Kier alpha value is -3.04. The third-order valence-corrected chi connectivity index (χ3v) is 6.03. The van der Waals surface area contributed by atoms with E-state index in [0.29, 0.717) is 0 Å². The van der Waals surface area contributed by atoms with E-state index in [4.69, 9.17) is 9.73 Å². The van der Waals surface area contributed by atoms with Crippen LogP contribution in [0.5, 0.6) is 5.75 Å². The molecule has 0 spiro atoms. The summed E-state index contributed by atoms with van der Waals surface area (Å²) in [5.41, 5.74) is 4.03. The van der Waals surface area contributed by atoms with Gasteiger partial charge in [-0.15, -0.1) is 0 Å². The molecule has 2 aliphatic heterocycles. The van der Waals surface area contributed by atoms with Gasteiger partial charge in [0, 0.05) is 32.7 Å². The molecule has 2 aromatic carbocycles. The molecule has 1 N–H and O–H groups in total. The van der Waals surface area contributed by atoms with Gasteiger partial charge in [-0.2, -0.15) is 5.26 Å². The van der Waals surface area contributed by atoms with Crippen molar-refractivity contribution in [2.45, 2.75) is 38.4 Å². The number of guanidine groups is 1. The molecule has 0 radical (unpaired) electrons. The van der Waals surface area contributed by atoms with Crippen molar-refractivity contribution in [3.8, 4) is 11.9 Å². The lowest BCUT2D eigenvalue weighted by Gasteiger charge is -2.33. The predicted molar refractivity (Wildman–Crippen MR) is 118 cm³/mol. The minimum absolute atomic E-state index is 0.255. The van der Waals surface area contributed by atoms with E-state index in [9.17, 15) is 5.26 Å². The number of methoxy groups -OCH3 is 1. The number of aliphatic imine (C=N–C) groups is 1. The van der Waals surface area contributed by atoms with E-state index in [1.165, 1.54) is 16.7 Å². The molecule has 0 aliphatic carbocycles.